The third-order valence-corrected chi connectivity index (χ3v) is 1.55. The molecule has 1 aliphatic rings. The van der Waals surface area contributed by atoms with E-state index in [0.717, 1.165) is 26.3 Å². The molecule has 0 radical (unpaired) electrons. The topological polar surface area (TPSA) is 30.5 Å². The number of hydrogen-bond donors (Lipinski definition) is 1. The number of hydrogen-bond acceptors (Lipinski definition) is 3. The molecule has 1 heterocycles. The average molecular weight is 165 g/mol. The first kappa shape index (κ1) is 10.3. The van der Waals surface area contributed by atoms with Crippen LogP contribution in [0.3, 0.4) is 0 Å². The Morgan fingerprint density at radius 1 is 1.20 bits per heavy atom. The lowest BCUT2D eigenvalue weighted by Gasteiger charge is -1.86. The SMILES string of the molecule is C1COPO1.CCNCC. The third-order valence-electron chi connectivity index (χ3n) is 0.905. The largest absolute Gasteiger partial charge is 0.334 e. The summed E-state index contributed by atoms with van der Waals surface area (Å²) in [6, 6.07) is 0. The molecule has 0 saturated carbocycles. The van der Waals surface area contributed by atoms with Gasteiger partial charge in [-0.05, 0) is 13.1 Å². The van der Waals surface area contributed by atoms with E-state index in [1.807, 2.05) is 0 Å². The van der Waals surface area contributed by atoms with Gasteiger partial charge in [0, 0.05) is 0 Å². The van der Waals surface area contributed by atoms with Crippen LogP contribution in [-0.4, -0.2) is 26.3 Å². The molecule has 0 unspecified atom stereocenters. The fourth-order valence-corrected chi connectivity index (χ4v) is 0.875. The highest BCUT2D eigenvalue weighted by molar-refractivity contribution is 7.26. The van der Waals surface area contributed by atoms with Crippen LogP contribution < -0.4 is 5.32 Å². The highest BCUT2D eigenvalue weighted by atomic mass is 31.1. The Hall–Kier alpha value is 0.310. The maximum atomic E-state index is 4.75. The standard InChI is InChI=1S/C4H11N.C2H5O2P/c1-3-5-4-2;1-2-4-5-3-1/h5H,3-4H2,1-2H3;5H,1-2H2. The molecule has 1 rings (SSSR count). The molecular formula is C6H16NO2P. The minimum atomic E-state index is 0.309. The number of rotatable bonds is 2. The van der Waals surface area contributed by atoms with E-state index < -0.39 is 0 Å². The average Bonchev–Trinajstić information content (AvgIpc) is 2.44. The molecule has 1 saturated heterocycles. The lowest BCUT2D eigenvalue weighted by Crippen LogP contribution is -2.09. The summed E-state index contributed by atoms with van der Waals surface area (Å²) in [5.74, 6) is 0. The van der Waals surface area contributed by atoms with Crippen LogP contribution in [0.25, 0.3) is 0 Å². The summed E-state index contributed by atoms with van der Waals surface area (Å²) in [5.41, 5.74) is 0. The summed E-state index contributed by atoms with van der Waals surface area (Å²) >= 11 is 0. The van der Waals surface area contributed by atoms with E-state index in [1.165, 1.54) is 0 Å². The second kappa shape index (κ2) is 9.31. The Kier molecular flexibility index (Phi) is 9.60. The first-order valence-corrected chi connectivity index (χ1v) is 4.42. The first-order valence-electron chi connectivity index (χ1n) is 3.61. The van der Waals surface area contributed by atoms with Crippen molar-refractivity contribution in [1.82, 2.24) is 5.32 Å². The molecule has 0 spiro atoms. The quantitative estimate of drug-likeness (QED) is 0.623. The predicted octanol–water partition coefficient (Wildman–Crippen LogP) is 1.16. The van der Waals surface area contributed by atoms with Crippen LogP contribution in [0.5, 0.6) is 0 Å². The second-order valence-corrected chi connectivity index (χ2v) is 2.48. The normalized spacial score (nSPS) is 16.2. The van der Waals surface area contributed by atoms with Gasteiger partial charge in [0.05, 0.1) is 13.2 Å². The van der Waals surface area contributed by atoms with E-state index in [4.69, 9.17) is 9.05 Å². The van der Waals surface area contributed by atoms with Crippen LogP contribution in [-0.2, 0) is 9.05 Å². The summed E-state index contributed by atoms with van der Waals surface area (Å²) in [6.07, 6.45) is 0. The molecule has 0 aliphatic carbocycles. The van der Waals surface area contributed by atoms with E-state index in [-0.39, 0.29) is 0 Å². The molecule has 0 aromatic carbocycles. The van der Waals surface area contributed by atoms with Gasteiger partial charge >= 0.3 is 0 Å². The summed E-state index contributed by atoms with van der Waals surface area (Å²) in [6.45, 7) is 7.97. The molecule has 1 fully saturated rings. The van der Waals surface area contributed by atoms with Gasteiger partial charge in [-0.2, -0.15) is 0 Å². The minimum absolute atomic E-state index is 0.309. The van der Waals surface area contributed by atoms with E-state index >= 15 is 0 Å². The van der Waals surface area contributed by atoms with Crippen LogP contribution in [0.15, 0.2) is 0 Å². The molecule has 1 N–H and O–H groups in total. The van der Waals surface area contributed by atoms with Gasteiger partial charge < -0.3 is 14.4 Å². The van der Waals surface area contributed by atoms with Crippen LogP contribution >= 0.6 is 9.03 Å². The van der Waals surface area contributed by atoms with Gasteiger partial charge in [0.1, 0.15) is 0 Å². The van der Waals surface area contributed by atoms with Gasteiger partial charge in [-0.15, -0.1) is 0 Å². The zero-order valence-electron chi connectivity index (χ0n) is 6.64. The van der Waals surface area contributed by atoms with E-state index in [2.05, 4.69) is 19.2 Å². The maximum Gasteiger partial charge on any atom is 0.155 e. The lowest BCUT2D eigenvalue weighted by atomic mass is 10.7. The molecule has 0 atom stereocenters. The summed E-state index contributed by atoms with van der Waals surface area (Å²) in [7, 11) is 0.309. The Balaban J connectivity index is 0.000000162. The lowest BCUT2D eigenvalue weighted by molar-refractivity contribution is 0.365. The second-order valence-electron chi connectivity index (χ2n) is 1.74. The molecule has 0 aromatic heterocycles. The first-order chi connectivity index (χ1) is 4.91. The zero-order valence-corrected chi connectivity index (χ0v) is 7.64. The summed E-state index contributed by atoms with van der Waals surface area (Å²) in [5, 5.41) is 3.11. The van der Waals surface area contributed by atoms with Crippen molar-refractivity contribution >= 4 is 9.03 Å². The predicted molar refractivity (Wildman–Crippen MR) is 44.4 cm³/mol. The fourth-order valence-electron chi connectivity index (χ4n) is 0.458. The molecule has 10 heavy (non-hydrogen) atoms. The Labute approximate surface area is 64.4 Å². The maximum absolute atomic E-state index is 4.75. The van der Waals surface area contributed by atoms with Gasteiger partial charge in [-0.3, -0.25) is 0 Å². The number of nitrogens with one attached hydrogen (secondary N) is 1. The van der Waals surface area contributed by atoms with Crippen molar-refractivity contribution in [1.29, 1.82) is 0 Å². The molecule has 0 aromatic rings. The van der Waals surface area contributed by atoms with Crippen molar-refractivity contribution in [3.05, 3.63) is 0 Å². The molecular weight excluding hydrogens is 149 g/mol. The fraction of sp³-hybridized carbons (Fsp3) is 1.00. The van der Waals surface area contributed by atoms with E-state index in [9.17, 15) is 0 Å². The Morgan fingerprint density at radius 3 is 1.80 bits per heavy atom. The van der Waals surface area contributed by atoms with Crippen molar-refractivity contribution in [2.24, 2.45) is 0 Å². The minimum Gasteiger partial charge on any atom is -0.334 e. The van der Waals surface area contributed by atoms with Crippen LogP contribution in [0.1, 0.15) is 13.8 Å². The van der Waals surface area contributed by atoms with Gasteiger partial charge in [0.15, 0.2) is 9.03 Å². The van der Waals surface area contributed by atoms with Gasteiger partial charge in [-0.25, -0.2) is 0 Å². The van der Waals surface area contributed by atoms with Gasteiger partial charge in [-0.1, -0.05) is 13.8 Å². The molecule has 4 heteroatoms. The summed E-state index contributed by atoms with van der Waals surface area (Å²) < 4.78 is 9.50. The smallest absolute Gasteiger partial charge is 0.155 e. The van der Waals surface area contributed by atoms with Gasteiger partial charge in [0.25, 0.3) is 0 Å². The van der Waals surface area contributed by atoms with Crippen molar-refractivity contribution < 1.29 is 9.05 Å². The molecule has 1 aliphatic heterocycles. The van der Waals surface area contributed by atoms with Crippen LogP contribution in [0.4, 0.5) is 0 Å². The highest BCUT2D eigenvalue weighted by Gasteiger charge is 1.94. The summed E-state index contributed by atoms with van der Waals surface area (Å²) in [4.78, 5) is 0. The van der Waals surface area contributed by atoms with Crippen molar-refractivity contribution in [2.45, 2.75) is 13.8 Å². The van der Waals surface area contributed by atoms with E-state index in [1.54, 1.807) is 0 Å². The Morgan fingerprint density at radius 2 is 1.70 bits per heavy atom. The van der Waals surface area contributed by atoms with Crippen molar-refractivity contribution in [3.8, 4) is 0 Å². The molecule has 0 bridgehead atoms. The zero-order chi connectivity index (χ0) is 7.66. The van der Waals surface area contributed by atoms with E-state index in [0.29, 0.717) is 9.03 Å². The van der Waals surface area contributed by atoms with Crippen molar-refractivity contribution in [2.75, 3.05) is 26.3 Å². The monoisotopic (exact) mass is 165 g/mol. The molecule has 62 valence electrons. The van der Waals surface area contributed by atoms with Crippen LogP contribution in [0.2, 0.25) is 0 Å². The van der Waals surface area contributed by atoms with Gasteiger partial charge in [0.2, 0.25) is 0 Å². The van der Waals surface area contributed by atoms with Crippen LogP contribution in [0, 0.1) is 0 Å². The third kappa shape index (κ3) is 8.31. The molecule has 0 amide bonds. The highest BCUT2D eigenvalue weighted by Crippen LogP contribution is 2.18. The van der Waals surface area contributed by atoms with Crippen molar-refractivity contribution in [3.63, 3.8) is 0 Å². The Bertz CT molecular complexity index is 50.1. The molecule has 3 nitrogen and oxygen atoms in total.